The van der Waals surface area contributed by atoms with E-state index in [1.807, 2.05) is 12.1 Å². The van der Waals surface area contributed by atoms with Crippen LogP contribution in [0.4, 0.5) is 0 Å². The van der Waals surface area contributed by atoms with Crippen molar-refractivity contribution >= 4 is 17.9 Å². The molecule has 1 rings (SSSR count). The number of hydrogen-bond acceptors (Lipinski definition) is 4. The van der Waals surface area contributed by atoms with Crippen molar-refractivity contribution in [1.29, 1.82) is 5.41 Å². The zero-order valence-corrected chi connectivity index (χ0v) is 9.19. The van der Waals surface area contributed by atoms with Gasteiger partial charge in [-0.15, -0.1) is 0 Å². The number of rotatable bonds is 3. The Morgan fingerprint density at radius 1 is 1.31 bits per heavy atom. The Bertz CT molecular complexity index is 407. The first-order chi connectivity index (χ1) is 7.61. The molecule has 84 valence electrons. The summed E-state index contributed by atoms with van der Waals surface area (Å²) in [4.78, 5) is 11.1. The summed E-state index contributed by atoms with van der Waals surface area (Å²) in [5, 5.41) is 6.97. The Labute approximate surface area is 94.0 Å². The van der Waals surface area contributed by atoms with Gasteiger partial charge in [-0.05, 0) is 23.8 Å². The molecule has 0 aromatic heterocycles. The Kier molecular flexibility index (Phi) is 4.27. The van der Waals surface area contributed by atoms with E-state index in [2.05, 4.69) is 4.74 Å². The monoisotopic (exact) mass is 219 g/mol. The lowest BCUT2D eigenvalue weighted by atomic mass is 10.2. The molecule has 0 atom stereocenters. The van der Waals surface area contributed by atoms with Gasteiger partial charge in [0.1, 0.15) is 5.75 Å². The van der Waals surface area contributed by atoms with Gasteiger partial charge in [0.25, 0.3) is 0 Å². The quantitative estimate of drug-likeness (QED) is 0.367. The highest BCUT2D eigenvalue weighted by Crippen LogP contribution is 2.12. The van der Waals surface area contributed by atoms with Gasteiger partial charge < -0.3 is 9.47 Å². The molecule has 0 aliphatic heterocycles. The van der Waals surface area contributed by atoms with Crippen LogP contribution in [0.3, 0.4) is 0 Å². The van der Waals surface area contributed by atoms with E-state index in [0.29, 0.717) is 0 Å². The fourth-order valence-corrected chi connectivity index (χ4v) is 1.06. The zero-order valence-electron chi connectivity index (χ0n) is 9.19. The van der Waals surface area contributed by atoms with E-state index in [9.17, 15) is 4.79 Å². The lowest BCUT2D eigenvalue weighted by molar-refractivity contribution is -0.130. The number of carbonyl (C=O) groups is 1. The third-order valence-corrected chi connectivity index (χ3v) is 1.78. The molecule has 0 heterocycles. The Hall–Kier alpha value is -2.10. The van der Waals surface area contributed by atoms with Crippen molar-refractivity contribution in [2.45, 2.75) is 6.92 Å². The van der Waals surface area contributed by atoms with E-state index in [4.69, 9.17) is 10.1 Å². The summed E-state index contributed by atoms with van der Waals surface area (Å²) in [6.07, 6.45) is 2.89. The molecule has 0 radical (unpaired) electrons. The van der Waals surface area contributed by atoms with E-state index in [1.165, 1.54) is 13.0 Å². The van der Waals surface area contributed by atoms with Crippen molar-refractivity contribution < 1.29 is 14.3 Å². The molecule has 4 nitrogen and oxygen atoms in total. The Morgan fingerprint density at radius 2 is 1.94 bits per heavy atom. The van der Waals surface area contributed by atoms with E-state index in [1.54, 1.807) is 25.3 Å². The summed E-state index contributed by atoms with van der Waals surface area (Å²) in [5.74, 6) is 0.0859. The van der Waals surface area contributed by atoms with Gasteiger partial charge in [0, 0.05) is 13.0 Å². The minimum absolute atomic E-state index is 0.121. The molecule has 4 heteroatoms. The van der Waals surface area contributed by atoms with Crippen LogP contribution in [0.5, 0.6) is 5.75 Å². The summed E-state index contributed by atoms with van der Waals surface area (Å²) in [6, 6.07) is 7.24. The molecule has 1 N–H and O–H groups in total. The smallest absolute Gasteiger partial charge is 0.337 e. The molecule has 0 fully saturated rings. The van der Waals surface area contributed by atoms with Gasteiger partial charge in [-0.1, -0.05) is 12.1 Å². The number of esters is 1. The van der Waals surface area contributed by atoms with Crippen LogP contribution in [0.15, 0.2) is 30.3 Å². The molecular weight excluding hydrogens is 206 g/mol. The molecule has 0 spiro atoms. The molecule has 1 aromatic carbocycles. The molecule has 0 aliphatic carbocycles. The minimum Gasteiger partial charge on any atom is -0.497 e. The maximum Gasteiger partial charge on any atom is 0.337 e. The van der Waals surface area contributed by atoms with Gasteiger partial charge in [-0.25, -0.2) is 4.79 Å². The van der Waals surface area contributed by atoms with Crippen LogP contribution in [0.25, 0.3) is 6.08 Å². The van der Waals surface area contributed by atoms with Crippen molar-refractivity contribution in [3.05, 3.63) is 35.9 Å². The van der Waals surface area contributed by atoms with E-state index >= 15 is 0 Å². The lowest BCUT2D eigenvalue weighted by Gasteiger charge is -1.99. The number of nitrogens with one attached hydrogen (secondary N) is 1. The van der Waals surface area contributed by atoms with E-state index in [0.717, 1.165) is 11.3 Å². The first-order valence-electron chi connectivity index (χ1n) is 4.71. The van der Waals surface area contributed by atoms with E-state index in [-0.39, 0.29) is 5.90 Å². The number of carbonyl (C=O) groups excluding carboxylic acids is 1. The van der Waals surface area contributed by atoms with Gasteiger partial charge in [-0.3, -0.25) is 5.41 Å². The van der Waals surface area contributed by atoms with Gasteiger partial charge in [0.2, 0.25) is 0 Å². The normalized spacial score (nSPS) is 10.1. The SMILES string of the molecule is COc1ccc(/C=C/C(=O)OC(C)=N)cc1. The number of benzene rings is 1. The second-order valence-electron chi connectivity index (χ2n) is 3.08. The standard InChI is InChI=1S/C12H13NO3/c1-9(13)16-12(14)8-5-10-3-6-11(15-2)7-4-10/h3-8,13H,1-2H3/b8-5+,13-9?. The molecule has 1 aromatic rings. The highest BCUT2D eigenvalue weighted by molar-refractivity contribution is 5.94. The third-order valence-electron chi connectivity index (χ3n) is 1.78. The van der Waals surface area contributed by atoms with Crippen molar-refractivity contribution in [1.82, 2.24) is 0 Å². The number of methoxy groups -OCH3 is 1. The predicted molar refractivity (Wildman–Crippen MR) is 61.5 cm³/mol. The molecular formula is C12H13NO3. The molecule has 0 amide bonds. The number of ether oxygens (including phenoxy) is 2. The van der Waals surface area contributed by atoms with Crippen molar-refractivity contribution in [3.63, 3.8) is 0 Å². The first-order valence-corrected chi connectivity index (χ1v) is 4.71. The average Bonchev–Trinajstić information content (AvgIpc) is 2.26. The fourth-order valence-electron chi connectivity index (χ4n) is 1.06. The van der Waals surface area contributed by atoms with Crippen molar-refractivity contribution in [3.8, 4) is 5.75 Å². The highest BCUT2D eigenvalue weighted by atomic mass is 16.5. The first kappa shape index (κ1) is 12.0. The summed E-state index contributed by atoms with van der Waals surface area (Å²) < 4.78 is 9.55. The van der Waals surface area contributed by atoms with Crippen LogP contribution < -0.4 is 4.74 Å². The summed E-state index contributed by atoms with van der Waals surface area (Å²) in [5.41, 5.74) is 0.861. The zero-order chi connectivity index (χ0) is 12.0. The Morgan fingerprint density at radius 3 is 2.44 bits per heavy atom. The molecule has 0 unspecified atom stereocenters. The second-order valence-corrected chi connectivity index (χ2v) is 3.08. The maximum atomic E-state index is 11.1. The van der Waals surface area contributed by atoms with Crippen LogP contribution in [0.1, 0.15) is 12.5 Å². The molecule has 0 bridgehead atoms. The average molecular weight is 219 g/mol. The van der Waals surface area contributed by atoms with Gasteiger partial charge in [0.15, 0.2) is 5.90 Å². The third kappa shape index (κ3) is 3.96. The van der Waals surface area contributed by atoms with Crippen LogP contribution in [-0.2, 0) is 9.53 Å². The van der Waals surface area contributed by atoms with Crippen LogP contribution >= 0.6 is 0 Å². The van der Waals surface area contributed by atoms with Gasteiger partial charge in [0.05, 0.1) is 7.11 Å². The maximum absolute atomic E-state index is 11.1. The molecule has 16 heavy (non-hydrogen) atoms. The summed E-state index contributed by atoms with van der Waals surface area (Å²) in [7, 11) is 1.59. The second kappa shape index (κ2) is 5.70. The van der Waals surface area contributed by atoms with Crippen LogP contribution in [-0.4, -0.2) is 19.0 Å². The Balaban J connectivity index is 2.62. The van der Waals surface area contributed by atoms with Crippen LogP contribution in [0, 0.1) is 5.41 Å². The van der Waals surface area contributed by atoms with Crippen LogP contribution in [0.2, 0.25) is 0 Å². The topological polar surface area (TPSA) is 59.4 Å². The summed E-state index contributed by atoms with van der Waals surface area (Å²) >= 11 is 0. The molecule has 0 aliphatic rings. The van der Waals surface area contributed by atoms with E-state index < -0.39 is 5.97 Å². The fraction of sp³-hybridized carbons (Fsp3) is 0.167. The lowest BCUT2D eigenvalue weighted by Crippen LogP contribution is -2.04. The largest absolute Gasteiger partial charge is 0.497 e. The van der Waals surface area contributed by atoms with Crippen molar-refractivity contribution in [2.75, 3.05) is 7.11 Å². The predicted octanol–water partition coefficient (Wildman–Crippen LogP) is 2.25. The number of hydrogen-bond donors (Lipinski definition) is 1. The van der Waals surface area contributed by atoms with Gasteiger partial charge >= 0.3 is 5.97 Å². The summed E-state index contributed by atoms with van der Waals surface area (Å²) in [6.45, 7) is 1.40. The highest BCUT2D eigenvalue weighted by Gasteiger charge is 1.97. The van der Waals surface area contributed by atoms with Gasteiger partial charge in [-0.2, -0.15) is 0 Å². The van der Waals surface area contributed by atoms with Crippen molar-refractivity contribution in [2.24, 2.45) is 0 Å². The molecule has 0 saturated heterocycles. The minimum atomic E-state index is -0.552. The molecule has 0 saturated carbocycles.